The Bertz CT molecular complexity index is 956. The van der Waals surface area contributed by atoms with Gasteiger partial charge in [0.05, 0.1) is 21.5 Å². The summed E-state index contributed by atoms with van der Waals surface area (Å²) in [5.74, 6) is -0.868. The molecular formula is C19H20Cl2N2O4S. The van der Waals surface area contributed by atoms with Crippen molar-refractivity contribution in [3.63, 3.8) is 0 Å². The third-order valence-corrected chi connectivity index (χ3v) is 5.35. The highest BCUT2D eigenvalue weighted by Crippen LogP contribution is 2.29. The number of hydrogen-bond acceptors (Lipinski definition) is 4. The number of hydrogen-bond donors (Lipinski definition) is 1. The average molecular weight is 443 g/mol. The Balaban J connectivity index is 2.07. The molecule has 28 heavy (non-hydrogen) atoms. The van der Waals surface area contributed by atoms with Gasteiger partial charge in [0.15, 0.2) is 9.84 Å². The number of carbonyl (C=O) groups excluding carboxylic acids is 2. The molecule has 0 bridgehead atoms. The van der Waals surface area contributed by atoms with Gasteiger partial charge in [-0.15, -0.1) is 0 Å². The Labute approximate surface area is 174 Å². The van der Waals surface area contributed by atoms with Crippen LogP contribution in [0.25, 0.3) is 0 Å². The number of benzene rings is 2. The van der Waals surface area contributed by atoms with Crippen LogP contribution in [0.4, 0.5) is 5.69 Å². The molecule has 0 fully saturated rings. The van der Waals surface area contributed by atoms with Gasteiger partial charge in [-0.25, -0.2) is 8.42 Å². The molecule has 2 amide bonds. The van der Waals surface area contributed by atoms with E-state index in [9.17, 15) is 18.0 Å². The van der Waals surface area contributed by atoms with Crippen LogP contribution in [-0.4, -0.2) is 44.5 Å². The summed E-state index contributed by atoms with van der Waals surface area (Å²) >= 11 is 12.1. The van der Waals surface area contributed by atoms with Crippen LogP contribution in [0.15, 0.2) is 42.5 Å². The van der Waals surface area contributed by atoms with Gasteiger partial charge in [0.1, 0.15) is 6.54 Å². The minimum atomic E-state index is -3.15. The van der Waals surface area contributed by atoms with Gasteiger partial charge in [-0.3, -0.25) is 9.59 Å². The van der Waals surface area contributed by atoms with Crippen LogP contribution in [0.5, 0.6) is 0 Å². The summed E-state index contributed by atoms with van der Waals surface area (Å²) in [5, 5.41) is 3.23. The number of amides is 2. The predicted octanol–water partition coefficient (Wildman–Crippen LogP) is 3.64. The molecule has 0 saturated heterocycles. The average Bonchev–Trinajstić information content (AvgIpc) is 2.61. The highest BCUT2D eigenvalue weighted by atomic mass is 35.5. The van der Waals surface area contributed by atoms with Gasteiger partial charge >= 0.3 is 0 Å². The molecule has 0 aliphatic rings. The maximum atomic E-state index is 12.7. The van der Waals surface area contributed by atoms with Crippen LogP contribution < -0.4 is 5.32 Å². The molecule has 0 heterocycles. The summed E-state index contributed by atoms with van der Waals surface area (Å²) in [6.07, 6.45) is 1.15. The molecule has 0 aliphatic heterocycles. The molecule has 2 aromatic carbocycles. The number of anilines is 1. The normalized spacial score (nSPS) is 11.1. The molecule has 0 saturated carbocycles. The third kappa shape index (κ3) is 6.22. The lowest BCUT2D eigenvalue weighted by molar-refractivity contribution is -0.116. The Morgan fingerprint density at radius 2 is 1.61 bits per heavy atom. The second-order valence-corrected chi connectivity index (χ2v) is 9.19. The van der Waals surface area contributed by atoms with Gasteiger partial charge in [-0.05, 0) is 36.8 Å². The van der Waals surface area contributed by atoms with Crippen LogP contribution in [0.3, 0.4) is 0 Å². The number of sulfone groups is 1. The number of halogens is 2. The first-order valence-electron chi connectivity index (χ1n) is 8.40. The fourth-order valence-electron chi connectivity index (χ4n) is 2.53. The van der Waals surface area contributed by atoms with Crippen LogP contribution >= 0.6 is 23.2 Å². The molecule has 0 radical (unpaired) electrons. The molecule has 150 valence electrons. The van der Waals surface area contributed by atoms with E-state index in [0.29, 0.717) is 33.4 Å². The topological polar surface area (TPSA) is 83.6 Å². The zero-order valence-electron chi connectivity index (χ0n) is 15.4. The first-order valence-corrected chi connectivity index (χ1v) is 11.2. The van der Waals surface area contributed by atoms with E-state index in [1.54, 1.807) is 49.4 Å². The predicted molar refractivity (Wildman–Crippen MR) is 112 cm³/mol. The van der Waals surface area contributed by atoms with Crippen LogP contribution in [0.1, 0.15) is 22.8 Å². The molecule has 6 nitrogen and oxygen atoms in total. The van der Waals surface area contributed by atoms with Crippen molar-refractivity contribution in [1.82, 2.24) is 4.90 Å². The smallest absolute Gasteiger partial charge is 0.254 e. The Hall–Kier alpha value is -2.09. The molecule has 2 rings (SSSR count). The van der Waals surface area contributed by atoms with Gasteiger partial charge in [0, 0.05) is 18.4 Å². The molecule has 0 aromatic heterocycles. The number of likely N-dealkylation sites (N-methyl/N-ethyl adjacent to an activating group) is 1. The van der Waals surface area contributed by atoms with Crippen LogP contribution in [-0.2, 0) is 20.4 Å². The van der Waals surface area contributed by atoms with E-state index in [-0.39, 0.29) is 18.2 Å². The van der Waals surface area contributed by atoms with Gasteiger partial charge in [0.2, 0.25) is 5.91 Å². The van der Waals surface area contributed by atoms with Gasteiger partial charge in [-0.2, -0.15) is 0 Å². The lowest BCUT2D eigenvalue weighted by atomic mass is 10.1. The van der Waals surface area contributed by atoms with Gasteiger partial charge in [-0.1, -0.05) is 41.4 Å². The zero-order valence-corrected chi connectivity index (χ0v) is 17.7. The second kappa shape index (κ2) is 9.41. The molecule has 0 atom stereocenters. The van der Waals surface area contributed by atoms with E-state index in [2.05, 4.69) is 5.32 Å². The summed E-state index contributed by atoms with van der Waals surface area (Å²) in [7, 11) is -3.15. The van der Waals surface area contributed by atoms with Crippen molar-refractivity contribution in [1.29, 1.82) is 0 Å². The summed E-state index contributed by atoms with van der Waals surface area (Å²) in [5.41, 5.74) is 1.25. The standard InChI is InChI=1S/C19H20Cl2N2O4S/c1-3-23(11-17(24)22-18-15(20)5-4-6-16(18)21)19(25)14-9-7-13(8-10-14)12-28(2,26)27/h4-10H,3,11-12H2,1-2H3,(H,22,24). The van der Waals surface area contributed by atoms with Crippen molar-refractivity contribution < 1.29 is 18.0 Å². The van der Waals surface area contributed by atoms with E-state index >= 15 is 0 Å². The van der Waals surface area contributed by atoms with E-state index in [1.165, 1.54) is 4.90 Å². The van der Waals surface area contributed by atoms with Gasteiger partial charge in [0.25, 0.3) is 5.91 Å². The fraction of sp³-hybridized carbons (Fsp3) is 0.263. The molecular weight excluding hydrogens is 423 g/mol. The second-order valence-electron chi connectivity index (χ2n) is 6.23. The van der Waals surface area contributed by atoms with Crippen molar-refractivity contribution in [3.8, 4) is 0 Å². The fourth-order valence-corrected chi connectivity index (χ4v) is 3.82. The largest absolute Gasteiger partial charge is 0.330 e. The summed E-state index contributed by atoms with van der Waals surface area (Å²) in [4.78, 5) is 26.4. The third-order valence-electron chi connectivity index (χ3n) is 3.86. The number of nitrogens with zero attached hydrogens (tertiary/aromatic N) is 1. The van der Waals surface area contributed by atoms with Crippen LogP contribution in [0, 0.1) is 0 Å². The number of nitrogens with one attached hydrogen (secondary N) is 1. The Morgan fingerprint density at radius 1 is 1.04 bits per heavy atom. The van der Waals surface area contributed by atoms with Crippen molar-refractivity contribution in [3.05, 3.63) is 63.6 Å². The molecule has 0 spiro atoms. The molecule has 0 unspecified atom stereocenters. The maximum absolute atomic E-state index is 12.7. The van der Waals surface area contributed by atoms with E-state index in [1.807, 2.05) is 0 Å². The maximum Gasteiger partial charge on any atom is 0.254 e. The number of rotatable bonds is 7. The van der Waals surface area contributed by atoms with Crippen molar-refractivity contribution in [2.75, 3.05) is 24.7 Å². The van der Waals surface area contributed by atoms with E-state index < -0.39 is 15.7 Å². The summed E-state index contributed by atoms with van der Waals surface area (Å²) in [6.45, 7) is 1.89. The first kappa shape index (κ1) is 22.2. The van der Waals surface area contributed by atoms with Crippen molar-refractivity contribution in [2.45, 2.75) is 12.7 Å². The zero-order chi connectivity index (χ0) is 20.9. The highest BCUT2D eigenvalue weighted by molar-refractivity contribution is 7.89. The monoisotopic (exact) mass is 442 g/mol. The SMILES string of the molecule is CCN(CC(=O)Nc1c(Cl)cccc1Cl)C(=O)c1ccc(CS(C)(=O)=O)cc1. The molecule has 0 aliphatic carbocycles. The number of carbonyl (C=O) groups is 2. The molecule has 9 heteroatoms. The Morgan fingerprint density at radius 3 is 2.11 bits per heavy atom. The van der Waals surface area contributed by atoms with Crippen molar-refractivity contribution >= 4 is 50.5 Å². The molecule has 2 aromatic rings. The minimum Gasteiger partial charge on any atom is -0.330 e. The van der Waals surface area contributed by atoms with Gasteiger partial charge < -0.3 is 10.2 Å². The Kier molecular flexibility index (Phi) is 7.46. The lowest BCUT2D eigenvalue weighted by Gasteiger charge is -2.21. The lowest BCUT2D eigenvalue weighted by Crippen LogP contribution is -2.38. The first-order chi connectivity index (χ1) is 13.1. The van der Waals surface area contributed by atoms with E-state index in [4.69, 9.17) is 23.2 Å². The highest BCUT2D eigenvalue weighted by Gasteiger charge is 2.19. The quantitative estimate of drug-likeness (QED) is 0.709. The summed E-state index contributed by atoms with van der Waals surface area (Å²) in [6, 6.07) is 11.1. The van der Waals surface area contributed by atoms with Crippen LogP contribution in [0.2, 0.25) is 10.0 Å². The molecule has 1 N–H and O–H groups in total. The summed E-state index contributed by atoms with van der Waals surface area (Å²) < 4.78 is 22.7. The number of para-hydroxylation sites is 1. The van der Waals surface area contributed by atoms with Crippen molar-refractivity contribution in [2.24, 2.45) is 0 Å². The minimum absolute atomic E-state index is 0.0973. The van der Waals surface area contributed by atoms with E-state index in [0.717, 1.165) is 6.26 Å².